The Morgan fingerprint density at radius 3 is 3.00 bits per heavy atom. The quantitative estimate of drug-likeness (QED) is 0.592. The van der Waals surface area contributed by atoms with Crippen LogP contribution in [0.3, 0.4) is 0 Å². The van der Waals surface area contributed by atoms with Gasteiger partial charge in [-0.25, -0.2) is 15.0 Å². The number of rotatable bonds is 4. The number of aromatic amines is 1. The molecule has 0 aliphatic carbocycles. The first-order valence-electron chi connectivity index (χ1n) is 7.70. The number of para-hydroxylation sites is 1. The van der Waals surface area contributed by atoms with Gasteiger partial charge in [-0.2, -0.15) is 0 Å². The van der Waals surface area contributed by atoms with E-state index >= 15 is 0 Å². The fourth-order valence-corrected chi connectivity index (χ4v) is 2.67. The molecule has 4 rings (SSSR count). The largest absolute Gasteiger partial charge is 0.348 e. The van der Waals surface area contributed by atoms with Gasteiger partial charge in [-0.1, -0.05) is 18.2 Å². The molecule has 0 unspecified atom stereocenters. The van der Waals surface area contributed by atoms with E-state index < -0.39 is 0 Å². The summed E-state index contributed by atoms with van der Waals surface area (Å²) in [5, 5.41) is 3.84. The fourth-order valence-electron chi connectivity index (χ4n) is 2.67. The molecule has 0 saturated heterocycles. The van der Waals surface area contributed by atoms with Crippen molar-refractivity contribution in [3.05, 3.63) is 49.2 Å². The number of nitrogens with one attached hydrogen (secondary N) is 2. The molecule has 25 heavy (non-hydrogen) atoms. The maximum Gasteiger partial charge on any atom is 0.243 e. The van der Waals surface area contributed by atoms with Crippen LogP contribution in [-0.2, 0) is 4.79 Å². The molecule has 3 aromatic heterocycles. The Labute approximate surface area is 143 Å². The molecule has 1 aromatic carbocycles. The van der Waals surface area contributed by atoms with Crippen LogP contribution in [0.15, 0.2) is 49.2 Å². The summed E-state index contributed by atoms with van der Waals surface area (Å²) < 4.78 is 0. The van der Waals surface area contributed by atoms with Crippen molar-refractivity contribution in [3.8, 4) is 0 Å². The topological polar surface area (TPSA) is 99.7 Å². The van der Waals surface area contributed by atoms with Crippen LogP contribution in [0.2, 0.25) is 0 Å². The van der Waals surface area contributed by atoms with Crippen LogP contribution in [0.5, 0.6) is 0 Å². The lowest BCUT2D eigenvalue weighted by Crippen LogP contribution is -2.30. The van der Waals surface area contributed by atoms with Crippen molar-refractivity contribution in [3.63, 3.8) is 0 Å². The maximum absolute atomic E-state index is 12.4. The fraction of sp³-hybridized carbons (Fsp3) is 0.118. The third-order valence-electron chi connectivity index (χ3n) is 3.82. The van der Waals surface area contributed by atoms with Crippen LogP contribution in [0.25, 0.3) is 22.1 Å². The summed E-state index contributed by atoms with van der Waals surface area (Å²) >= 11 is 0. The van der Waals surface area contributed by atoms with E-state index in [2.05, 4.69) is 30.2 Å². The second-order valence-electron chi connectivity index (χ2n) is 5.62. The molecule has 124 valence electrons. The van der Waals surface area contributed by atoms with Crippen molar-refractivity contribution < 1.29 is 4.79 Å². The van der Waals surface area contributed by atoms with Gasteiger partial charge >= 0.3 is 0 Å². The lowest BCUT2D eigenvalue weighted by atomic mass is 10.2. The lowest BCUT2D eigenvalue weighted by molar-refractivity contribution is -0.114. The van der Waals surface area contributed by atoms with Gasteiger partial charge in [0.1, 0.15) is 11.8 Å². The van der Waals surface area contributed by atoms with E-state index in [1.807, 2.05) is 30.3 Å². The van der Waals surface area contributed by atoms with Gasteiger partial charge in [0.15, 0.2) is 11.5 Å². The average Bonchev–Trinajstić information content (AvgIpc) is 3.10. The number of amides is 1. The van der Waals surface area contributed by atoms with Crippen LogP contribution in [0.1, 0.15) is 0 Å². The Hall–Kier alpha value is -3.55. The molecule has 3 heterocycles. The zero-order valence-corrected chi connectivity index (χ0v) is 13.5. The SMILES string of the molecule is CN(CC(=O)Nc1cnc2ccccc2c1)c1ncnc2nc[nH]c12. The smallest absolute Gasteiger partial charge is 0.243 e. The molecule has 0 atom stereocenters. The van der Waals surface area contributed by atoms with Crippen LogP contribution in [0, 0.1) is 0 Å². The first-order valence-corrected chi connectivity index (χ1v) is 7.70. The number of carbonyl (C=O) groups excluding carboxylic acids is 1. The molecule has 0 spiro atoms. The number of fused-ring (bicyclic) bond motifs is 2. The number of hydrogen-bond donors (Lipinski definition) is 2. The van der Waals surface area contributed by atoms with Gasteiger partial charge in [-0.05, 0) is 12.1 Å². The predicted octanol–water partition coefficient (Wildman–Crippen LogP) is 1.98. The van der Waals surface area contributed by atoms with E-state index in [9.17, 15) is 4.79 Å². The van der Waals surface area contributed by atoms with Gasteiger partial charge in [0.2, 0.25) is 5.91 Å². The number of pyridine rings is 1. The van der Waals surface area contributed by atoms with Crippen LogP contribution < -0.4 is 10.2 Å². The normalized spacial score (nSPS) is 10.9. The molecule has 0 bridgehead atoms. The number of carbonyl (C=O) groups is 1. The molecule has 2 N–H and O–H groups in total. The Kier molecular flexibility index (Phi) is 3.70. The van der Waals surface area contributed by atoms with Crippen molar-refractivity contribution in [2.75, 3.05) is 23.8 Å². The number of anilines is 2. The maximum atomic E-state index is 12.4. The standard InChI is InChI=1S/C17H15N7O/c1-24(17-15-16(20-9-19-15)21-10-22-17)8-14(25)23-12-6-11-4-2-3-5-13(11)18-7-12/h2-7,9-10H,8H2,1H3,(H,23,25)(H,19,20,21,22). The van der Waals surface area contributed by atoms with Gasteiger partial charge in [-0.15, -0.1) is 0 Å². The van der Waals surface area contributed by atoms with Crippen LogP contribution >= 0.6 is 0 Å². The van der Waals surface area contributed by atoms with Crippen molar-refractivity contribution in [1.82, 2.24) is 24.9 Å². The lowest BCUT2D eigenvalue weighted by Gasteiger charge is -2.17. The van der Waals surface area contributed by atoms with Crippen molar-refractivity contribution in [2.45, 2.75) is 0 Å². The van der Waals surface area contributed by atoms with Crippen LogP contribution in [-0.4, -0.2) is 44.4 Å². The van der Waals surface area contributed by atoms with E-state index in [1.165, 1.54) is 6.33 Å². The summed E-state index contributed by atoms with van der Waals surface area (Å²) in [4.78, 5) is 33.8. The second-order valence-corrected chi connectivity index (χ2v) is 5.62. The van der Waals surface area contributed by atoms with E-state index in [0.29, 0.717) is 22.7 Å². The summed E-state index contributed by atoms with van der Waals surface area (Å²) in [5.74, 6) is 0.458. The highest BCUT2D eigenvalue weighted by Crippen LogP contribution is 2.19. The summed E-state index contributed by atoms with van der Waals surface area (Å²) in [6, 6.07) is 9.66. The molecule has 4 aromatic rings. The molecular weight excluding hydrogens is 318 g/mol. The minimum Gasteiger partial charge on any atom is -0.348 e. The molecule has 1 amide bonds. The molecule has 0 aliphatic heterocycles. The number of likely N-dealkylation sites (N-methyl/N-ethyl adjacent to an activating group) is 1. The Balaban J connectivity index is 1.50. The highest BCUT2D eigenvalue weighted by atomic mass is 16.2. The van der Waals surface area contributed by atoms with E-state index in [0.717, 1.165) is 10.9 Å². The summed E-state index contributed by atoms with van der Waals surface area (Å²) in [7, 11) is 1.79. The van der Waals surface area contributed by atoms with Gasteiger partial charge in [0.05, 0.1) is 30.3 Å². The van der Waals surface area contributed by atoms with Gasteiger partial charge in [0.25, 0.3) is 0 Å². The zero-order chi connectivity index (χ0) is 17.2. The van der Waals surface area contributed by atoms with E-state index in [1.54, 1.807) is 24.5 Å². The van der Waals surface area contributed by atoms with Crippen molar-refractivity contribution in [2.24, 2.45) is 0 Å². The summed E-state index contributed by atoms with van der Waals surface area (Å²) in [6.07, 6.45) is 4.63. The molecule has 0 aliphatic rings. The monoisotopic (exact) mass is 333 g/mol. The Bertz CT molecular complexity index is 1060. The molecule has 8 nitrogen and oxygen atoms in total. The first kappa shape index (κ1) is 15.0. The highest BCUT2D eigenvalue weighted by molar-refractivity contribution is 5.96. The average molecular weight is 333 g/mol. The number of benzene rings is 1. The number of imidazole rings is 1. The van der Waals surface area contributed by atoms with Crippen molar-refractivity contribution >= 4 is 39.5 Å². The number of nitrogens with zero attached hydrogens (tertiary/aromatic N) is 5. The number of H-pyrrole nitrogens is 1. The Morgan fingerprint density at radius 2 is 2.08 bits per heavy atom. The molecule has 0 radical (unpaired) electrons. The highest BCUT2D eigenvalue weighted by Gasteiger charge is 2.14. The Morgan fingerprint density at radius 1 is 1.20 bits per heavy atom. The minimum atomic E-state index is -0.161. The molecule has 0 fully saturated rings. The van der Waals surface area contributed by atoms with Crippen molar-refractivity contribution in [1.29, 1.82) is 0 Å². The minimum absolute atomic E-state index is 0.137. The molecule has 0 saturated carbocycles. The third kappa shape index (κ3) is 2.97. The molecule has 8 heteroatoms. The van der Waals surface area contributed by atoms with Gasteiger partial charge in [0, 0.05) is 12.4 Å². The van der Waals surface area contributed by atoms with E-state index in [-0.39, 0.29) is 12.5 Å². The van der Waals surface area contributed by atoms with Gasteiger partial charge < -0.3 is 15.2 Å². The summed E-state index contributed by atoms with van der Waals surface area (Å²) in [6.45, 7) is 0.137. The number of aromatic nitrogens is 5. The number of hydrogen-bond acceptors (Lipinski definition) is 6. The zero-order valence-electron chi connectivity index (χ0n) is 13.5. The van der Waals surface area contributed by atoms with Gasteiger partial charge in [-0.3, -0.25) is 9.78 Å². The second kappa shape index (κ2) is 6.16. The summed E-state index contributed by atoms with van der Waals surface area (Å²) in [5.41, 5.74) is 2.81. The first-order chi connectivity index (χ1) is 12.2. The molecular formula is C17H15N7O. The van der Waals surface area contributed by atoms with E-state index in [4.69, 9.17) is 0 Å². The predicted molar refractivity (Wildman–Crippen MR) is 95.3 cm³/mol. The van der Waals surface area contributed by atoms with Crippen LogP contribution in [0.4, 0.5) is 11.5 Å². The third-order valence-corrected chi connectivity index (χ3v) is 3.82.